The van der Waals surface area contributed by atoms with Gasteiger partial charge in [0.15, 0.2) is 5.69 Å². The molecule has 12 heteroatoms. The van der Waals surface area contributed by atoms with Crippen LogP contribution in [0.25, 0.3) is 0 Å². The van der Waals surface area contributed by atoms with Gasteiger partial charge in [0.1, 0.15) is 18.2 Å². The molecule has 0 bridgehead atoms. The summed E-state index contributed by atoms with van der Waals surface area (Å²) in [6, 6.07) is 7.85. The van der Waals surface area contributed by atoms with Crippen LogP contribution in [0.15, 0.2) is 36.4 Å². The molecule has 0 amide bonds. The number of aromatic nitrogens is 3. The molecule has 0 N–H and O–H groups in total. The number of pyridine rings is 1. The molecule has 0 saturated carbocycles. The molecule has 30 heavy (non-hydrogen) atoms. The van der Waals surface area contributed by atoms with E-state index in [1.165, 1.54) is 25.2 Å². The first-order chi connectivity index (χ1) is 13.7. The summed E-state index contributed by atoms with van der Waals surface area (Å²) in [5.74, 6) is -2.21. The van der Waals surface area contributed by atoms with Crippen molar-refractivity contribution in [1.82, 2.24) is 14.8 Å². The van der Waals surface area contributed by atoms with Crippen LogP contribution in [0.1, 0.15) is 18.2 Å². The number of aryl methyl sites for hydroxylation is 1. The van der Waals surface area contributed by atoms with Crippen LogP contribution in [0.5, 0.6) is 17.6 Å². The standard InChI is InChI=1S/C18H11F5N4O2.Na.H/c1-27-17(7-14(26-27)18(21,22)23)29-16-5-10(8-24)4-15(25-16)28-9-11-2-3-12(19)6-13(11)20;;/h2-7H,9H2,1H3;;/q;+1;-1. The molecule has 6 nitrogen and oxygen atoms in total. The van der Waals surface area contributed by atoms with Crippen molar-refractivity contribution < 1.29 is 62.4 Å². The van der Waals surface area contributed by atoms with Gasteiger partial charge in [-0.2, -0.15) is 28.5 Å². The molecule has 3 rings (SSSR count). The van der Waals surface area contributed by atoms with Crippen molar-refractivity contribution in [2.75, 3.05) is 0 Å². The van der Waals surface area contributed by atoms with E-state index in [1.54, 1.807) is 0 Å². The van der Waals surface area contributed by atoms with Gasteiger partial charge in [-0.05, 0) is 12.1 Å². The summed E-state index contributed by atoms with van der Waals surface area (Å²) in [6.45, 7) is -0.322. The van der Waals surface area contributed by atoms with Gasteiger partial charge < -0.3 is 10.9 Å². The second-order valence-electron chi connectivity index (χ2n) is 5.76. The Kier molecular flexibility index (Phi) is 7.41. The number of hydrogen-bond acceptors (Lipinski definition) is 5. The van der Waals surface area contributed by atoms with Crippen LogP contribution in [-0.2, 0) is 19.8 Å². The molecule has 0 radical (unpaired) electrons. The normalized spacial score (nSPS) is 10.8. The summed E-state index contributed by atoms with van der Waals surface area (Å²) in [4.78, 5) is 3.94. The molecule has 1 aromatic carbocycles. The Hall–Kier alpha value is -2.68. The maximum Gasteiger partial charge on any atom is 1.00 e. The third-order valence-corrected chi connectivity index (χ3v) is 3.63. The molecule has 0 saturated heterocycles. The van der Waals surface area contributed by atoms with Crippen LogP contribution in [0, 0.1) is 23.0 Å². The minimum Gasteiger partial charge on any atom is -1.00 e. The van der Waals surface area contributed by atoms with Gasteiger partial charge in [0, 0.05) is 36.9 Å². The number of nitrogens with zero attached hydrogens (tertiary/aromatic N) is 4. The summed E-state index contributed by atoms with van der Waals surface area (Å²) in [5, 5.41) is 12.4. The average Bonchev–Trinajstić information content (AvgIpc) is 3.01. The SMILES string of the molecule is Cn1nc(C(F)(F)F)cc1Oc1cc(C#N)cc(OCc2ccc(F)cc2F)n1.[H-].[Na+]. The van der Waals surface area contributed by atoms with Crippen molar-refractivity contribution >= 4 is 0 Å². The molecule has 2 heterocycles. The van der Waals surface area contributed by atoms with E-state index in [1.807, 2.05) is 6.07 Å². The van der Waals surface area contributed by atoms with E-state index in [4.69, 9.17) is 14.7 Å². The van der Waals surface area contributed by atoms with Crippen molar-refractivity contribution in [3.8, 4) is 23.7 Å². The molecule has 0 aliphatic carbocycles. The van der Waals surface area contributed by atoms with Gasteiger partial charge in [-0.25, -0.2) is 13.5 Å². The first-order valence-electron chi connectivity index (χ1n) is 7.93. The van der Waals surface area contributed by atoms with Crippen LogP contribution in [0.2, 0.25) is 0 Å². The second-order valence-corrected chi connectivity index (χ2v) is 5.76. The molecular formula is C18H12F5N4NaO2. The number of benzene rings is 1. The number of nitriles is 1. The van der Waals surface area contributed by atoms with Crippen LogP contribution >= 0.6 is 0 Å². The fraction of sp³-hybridized carbons (Fsp3) is 0.167. The molecule has 152 valence electrons. The predicted molar refractivity (Wildman–Crippen MR) is 89.0 cm³/mol. The van der Waals surface area contributed by atoms with Crippen molar-refractivity contribution in [2.45, 2.75) is 12.8 Å². The molecule has 0 aliphatic heterocycles. The van der Waals surface area contributed by atoms with E-state index >= 15 is 0 Å². The quantitative estimate of drug-likeness (QED) is 0.449. The predicted octanol–water partition coefficient (Wildman–Crippen LogP) is 1.47. The number of alkyl halides is 3. The molecule has 3 aromatic rings. The molecule has 2 aromatic heterocycles. The van der Waals surface area contributed by atoms with Crippen molar-refractivity contribution in [3.05, 3.63) is 64.9 Å². The number of hydrogen-bond donors (Lipinski definition) is 0. The summed E-state index contributed by atoms with van der Waals surface area (Å²) in [6.07, 6.45) is -4.66. The fourth-order valence-corrected chi connectivity index (χ4v) is 2.25. The minimum absolute atomic E-state index is 0. The molecule has 0 unspecified atom stereocenters. The van der Waals surface area contributed by atoms with Gasteiger partial charge in [-0.15, -0.1) is 0 Å². The van der Waals surface area contributed by atoms with E-state index in [9.17, 15) is 22.0 Å². The summed E-state index contributed by atoms with van der Waals surface area (Å²) >= 11 is 0. The maximum atomic E-state index is 13.7. The Morgan fingerprint density at radius 2 is 1.83 bits per heavy atom. The van der Waals surface area contributed by atoms with Gasteiger partial charge in [-0.3, -0.25) is 0 Å². The van der Waals surface area contributed by atoms with E-state index < -0.39 is 23.5 Å². The smallest absolute Gasteiger partial charge is 1.00 e. The monoisotopic (exact) mass is 434 g/mol. The first kappa shape index (κ1) is 23.6. The Labute approximate surface area is 190 Å². The largest absolute Gasteiger partial charge is 1.00 e. The van der Waals surface area contributed by atoms with Crippen molar-refractivity contribution in [2.24, 2.45) is 7.05 Å². The molecule has 0 aliphatic rings. The van der Waals surface area contributed by atoms with Gasteiger partial charge >= 0.3 is 35.7 Å². The zero-order valence-electron chi connectivity index (χ0n) is 16.7. The molecule has 0 fully saturated rings. The Morgan fingerprint density at radius 1 is 1.13 bits per heavy atom. The van der Waals surface area contributed by atoms with Crippen LogP contribution in [0.4, 0.5) is 22.0 Å². The van der Waals surface area contributed by atoms with Crippen LogP contribution < -0.4 is 39.0 Å². The van der Waals surface area contributed by atoms with Gasteiger partial charge in [0.05, 0.1) is 11.6 Å². The zero-order chi connectivity index (χ0) is 21.2. The second kappa shape index (κ2) is 9.42. The number of ether oxygens (including phenoxy) is 2. The average molecular weight is 434 g/mol. The summed E-state index contributed by atoms with van der Waals surface area (Å²) < 4.78 is 76.4. The van der Waals surface area contributed by atoms with E-state index in [2.05, 4.69) is 10.1 Å². The van der Waals surface area contributed by atoms with E-state index in [-0.39, 0.29) is 66.4 Å². The third-order valence-electron chi connectivity index (χ3n) is 3.63. The first-order valence-corrected chi connectivity index (χ1v) is 7.93. The Balaban J connectivity index is 0.00000240. The summed E-state index contributed by atoms with van der Waals surface area (Å²) in [5.41, 5.74) is -1.07. The molecule has 0 spiro atoms. The molecular weight excluding hydrogens is 422 g/mol. The van der Waals surface area contributed by atoms with E-state index in [0.717, 1.165) is 10.7 Å². The number of rotatable bonds is 5. The Morgan fingerprint density at radius 3 is 2.43 bits per heavy atom. The number of halogens is 5. The van der Waals surface area contributed by atoms with Crippen molar-refractivity contribution in [1.29, 1.82) is 5.26 Å². The van der Waals surface area contributed by atoms with Gasteiger partial charge in [0.25, 0.3) is 0 Å². The Bertz CT molecular complexity index is 1100. The third kappa shape index (κ3) is 5.69. The summed E-state index contributed by atoms with van der Waals surface area (Å²) in [7, 11) is 1.24. The van der Waals surface area contributed by atoms with Crippen molar-refractivity contribution in [3.63, 3.8) is 0 Å². The van der Waals surface area contributed by atoms with Crippen LogP contribution in [0.3, 0.4) is 0 Å². The van der Waals surface area contributed by atoms with Gasteiger partial charge in [-0.1, -0.05) is 0 Å². The minimum atomic E-state index is -4.66. The van der Waals surface area contributed by atoms with Gasteiger partial charge in [0.2, 0.25) is 17.6 Å². The maximum absolute atomic E-state index is 13.7. The molecule has 0 atom stereocenters. The fourth-order valence-electron chi connectivity index (χ4n) is 2.25. The topological polar surface area (TPSA) is 73.0 Å². The zero-order valence-corrected chi connectivity index (χ0v) is 17.7. The van der Waals surface area contributed by atoms with E-state index in [0.29, 0.717) is 12.1 Å². The van der Waals surface area contributed by atoms with Crippen LogP contribution in [-0.4, -0.2) is 14.8 Å².